The van der Waals surface area contributed by atoms with E-state index in [9.17, 15) is 19.2 Å². The quantitative estimate of drug-likeness (QED) is 0.364. The Morgan fingerprint density at radius 1 is 0.967 bits per heavy atom. The number of hydrogen-bond acceptors (Lipinski definition) is 6. The van der Waals surface area contributed by atoms with Gasteiger partial charge in [-0.05, 0) is 37.1 Å². The van der Waals surface area contributed by atoms with E-state index < -0.39 is 30.2 Å². The molecule has 30 heavy (non-hydrogen) atoms. The van der Waals surface area contributed by atoms with Crippen LogP contribution in [0.3, 0.4) is 0 Å². The summed E-state index contributed by atoms with van der Waals surface area (Å²) >= 11 is 0. The number of aromatic nitrogens is 1. The number of anilines is 1. The molecule has 158 valence electrons. The van der Waals surface area contributed by atoms with Crippen LogP contribution in [0.25, 0.3) is 0 Å². The number of carbonyl (C=O) groups is 4. The molecule has 4 amide bonds. The zero-order valence-corrected chi connectivity index (χ0v) is 16.8. The van der Waals surface area contributed by atoms with Crippen LogP contribution in [0.2, 0.25) is 0 Å². The molecule has 9 heteroatoms. The molecule has 1 aromatic heterocycles. The number of nitrogens with zero attached hydrogens (tertiary/aromatic N) is 2. The number of urea groups is 1. The van der Waals surface area contributed by atoms with Crippen LogP contribution in [0.1, 0.15) is 37.2 Å². The highest BCUT2D eigenvalue weighted by atomic mass is 16.5. The molecule has 1 aliphatic rings. The normalized spacial score (nSPS) is 13.9. The second-order valence-electron chi connectivity index (χ2n) is 6.65. The maximum absolute atomic E-state index is 12.8. The van der Waals surface area contributed by atoms with Crippen molar-refractivity contribution in [1.82, 2.24) is 9.88 Å². The summed E-state index contributed by atoms with van der Waals surface area (Å²) in [4.78, 5) is 54.0. The second-order valence-corrected chi connectivity index (χ2v) is 6.65. The van der Waals surface area contributed by atoms with E-state index in [0.717, 1.165) is 17.7 Å². The van der Waals surface area contributed by atoms with Crippen molar-refractivity contribution in [2.45, 2.75) is 26.7 Å². The Morgan fingerprint density at radius 3 is 2.30 bits per heavy atom. The zero-order chi connectivity index (χ0) is 21.7. The molecule has 0 spiro atoms. The molecule has 1 aliphatic heterocycles. The third-order valence-corrected chi connectivity index (χ3v) is 4.36. The van der Waals surface area contributed by atoms with E-state index in [-0.39, 0.29) is 11.4 Å². The molecule has 2 heterocycles. The second kappa shape index (κ2) is 9.25. The molecule has 0 atom stereocenters. The summed E-state index contributed by atoms with van der Waals surface area (Å²) in [5.41, 5.74) is 0.414. The van der Waals surface area contributed by atoms with Crippen molar-refractivity contribution in [3.05, 3.63) is 42.2 Å². The van der Waals surface area contributed by atoms with Gasteiger partial charge in [-0.25, -0.2) is 14.6 Å². The number of rotatable bonds is 10. The van der Waals surface area contributed by atoms with Gasteiger partial charge < -0.3 is 14.5 Å². The summed E-state index contributed by atoms with van der Waals surface area (Å²) in [6, 6.07) is 6.85. The zero-order valence-electron chi connectivity index (χ0n) is 16.8. The number of aromatic amines is 1. The average molecular weight is 413 g/mol. The van der Waals surface area contributed by atoms with Gasteiger partial charge in [0.2, 0.25) is 0 Å². The first-order chi connectivity index (χ1) is 14.5. The minimum atomic E-state index is -1.05. The predicted molar refractivity (Wildman–Crippen MR) is 108 cm³/mol. The van der Waals surface area contributed by atoms with Gasteiger partial charge in [0.25, 0.3) is 0 Å². The van der Waals surface area contributed by atoms with E-state index in [2.05, 4.69) is 4.98 Å². The van der Waals surface area contributed by atoms with Crippen molar-refractivity contribution in [3.63, 3.8) is 0 Å². The summed E-state index contributed by atoms with van der Waals surface area (Å²) in [5.74, 6) is -1.70. The fourth-order valence-electron chi connectivity index (χ4n) is 2.90. The Bertz CT molecular complexity index is 954. The highest BCUT2D eigenvalue weighted by Crippen LogP contribution is 2.34. The lowest BCUT2D eigenvalue weighted by atomic mass is 10.2. The van der Waals surface area contributed by atoms with Crippen molar-refractivity contribution in [2.24, 2.45) is 0 Å². The first-order valence-electron chi connectivity index (χ1n) is 9.74. The molecular formula is C21H23N3O6. The van der Waals surface area contributed by atoms with Gasteiger partial charge in [-0.3, -0.25) is 14.4 Å². The van der Waals surface area contributed by atoms with Gasteiger partial charge in [-0.15, -0.1) is 0 Å². The number of ketones is 1. The third-order valence-electron chi connectivity index (χ3n) is 4.36. The highest BCUT2D eigenvalue weighted by Gasteiger charge is 2.46. The Hall–Kier alpha value is -3.62. The molecule has 0 unspecified atom stereocenters. The molecule has 1 fully saturated rings. The van der Waals surface area contributed by atoms with Crippen LogP contribution in [-0.4, -0.2) is 53.3 Å². The topological polar surface area (TPSA) is 109 Å². The van der Waals surface area contributed by atoms with E-state index in [4.69, 9.17) is 9.47 Å². The van der Waals surface area contributed by atoms with E-state index >= 15 is 0 Å². The van der Waals surface area contributed by atoms with Gasteiger partial charge in [0.1, 0.15) is 0 Å². The summed E-state index contributed by atoms with van der Waals surface area (Å²) in [7, 11) is 0. The maximum atomic E-state index is 12.8. The number of amides is 4. The molecule has 3 rings (SSSR count). The average Bonchev–Trinajstić information content (AvgIpc) is 3.35. The van der Waals surface area contributed by atoms with Gasteiger partial charge in [-0.1, -0.05) is 13.8 Å². The molecule has 0 bridgehead atoms. The number of hydrogen-bond donors (Lipinski definition) is 1. The van der Waals surface area contributed by atoms with Gasteiger partial charge in [-0.2, -0.15) is 0 Å². The number of ether oxygens (including phenoxy) is 2. The Balaban J connectivity index is 1.85. The number of benzene rings is 1. The molecule has 0 radical (unpaired) electrons. The Labute approximate surface area is 173 Å². The van der Waals surface area contributed by atoms with Crippen LogP contribution in [0.15, 0.2) is 36.5 Å². The molecule has 1 aromatic carbocycles. The third kappa shape index (κ3) is 4.19. The molecule has 1 N–H and O–H groups in total. The van der Waals surface area contributed by atoms with Crippen LogP contribution in [0.4, 0.5) is 10.5 Å². The van der Waals surface area contributed by atoms with Gasteiger partial charge in [0.05, 0.1) is 31.1 Å². The summed E-state index contributed by atoms with van der Waals surface area (Å²) < 4.78 is 11.3. The summed E-state index contributed by atoms with van der Waals surface area (Å²) in [6.45, 7) is 4.29. The molecule has 0 aliphatic carbocycles. The SMILES string of the molecule is CCCOc1ccc(N2C(=O)C(=O)N(CC(=O)c3ccc[nH]3)C2=O)cc1OCCC. The minimum Gasteiger partial charge on any atom is -0.490 e. The lowest BCUT2D eigenvalue weighted by Crippen LogP contribution is -2.37. The lowest BCUT2D eigenvalue weighted by Gasteiger charge is -2.18. The lowest BCUT2D eigenvalue weighted by molar-refractivity contribution is -0.139. The van der Waals surface area contributed by atoms with E-state index in [0.29, 0.717) is 29.6 Å². The molecule has 2 aromatic rings. The summed E-state index contributed by atoms with van der Waals surface area (Å²) in [6.07, 6.45) is 3.11. The molecule has 9 nitrogen and oxygen atoms in total. The van der Waals surface area contributed by atoms with Crippen molar-refractivity contribution >= 4 is 29.3 Å². The fraction of sp³-hybridized carbons (Fsp3) is 0.333. The van der Waals surface area contributed by atoms with Crippen LogP contribution in [0, 0.1) is 0 Å². The maximum Gasteiger partial charge on any atom is 0.339 e. The fourth-order valence-corrected chi connectivity index (χ4v) is 2.90. The Kier molecular flexibility index (Phi) is 6.51. The standard InChI is InChI=1S/C21H23N3O6/c1-3-10-29-17-8-7-14(12-18(17)30-11-4-2)24-20(27)19(26)23(21(24)28)13-16(25)15-6-5-9-22-15/h5-9,12,22H,3-4,10-11,13H2,1-2H3. The number of nitrogens with one attached hydrogen (secondary N) is 1. The van der Waals surface area contributed by atoms with Crippen molar-refractivity contribution < 1.29 is 28.7 Å². The van der Waals surface area contributed by atoms with Crippen molar-refractivity contribution in [3.8, 4) is 11.5 Å². The first kappa shape index (κ1) is 21.1. The number of imide groups is 2. The van der Waals surface area contributed by atoms with E-state index in [1.165, 1.54) is 18.2 Å². The van der Waals surface area contributed by atoms with E-state index in [1.54, 1.807) is 18.3 Å². The number of Topliss-reactive ketones (excluding diaryl/α,β-unsaturated/α-hetero) is 1. The monoisotopic (exact) mass is 413 g/mol. The molecule has 0 saturated carbocycles. The van der Waals surface area contributed by atoms with Gasteiger partial charge >= 0.3 is 17.8 Å². The van der Waals surface area contributed by atoms with E-state index in [1.807, 2.05) is 13.8 Å². The van der Waals surface area contributed by atoms with Crippen LogP contribution >= 0.6 is 0 Å². The van der Waals surface area contributed by atoms with Crippen LogP contribution < -0.4 is 14.4 Å². The van der Waals surface area contributed by atoms with Crippen LogP contribution in [0.5, 0.6) is 11.5 Å². The Morgan fingerprint density at radius 2 is 1.67 bits per heavy atom. The highest BCUT2D eigenvalue weighted by molar-refractivity contribution is 6.53. The summed E-state index contributed by atoms with van der Waals surface area (Å²) in [5, 5.41) is 0. The first-order valence-corrected chi connectivity index (χ1v) is 9.74. The predicted octanol–water partition coefficient (Wildman–Crippen LogP) is 2.77. The molecular weight excluding hydrogens is 390 g/mol. The van der Waals surface area contributed by atoms with Crippen molar-refractivity contribution in [2.75, 3.05) is 24.7 Å². The molecule has 1 saturated heterocycles. The largest absolute Gasteiger partial charge is 0.490 e. The van der Waals surface area contributed by atoms with Gasteiger partial charge in [0.15, 0.2) is 17.3 Å². The minimum absolute atomic E-state index is 0.170. The van der Waals surface area contributed by atoms with Crippen LogP contribution in [-0.2, 0) is 9.59 Å². The number of carbonyl (C=O) groups excluding carboxylic acids is 4. The number of H-pyrrole nitrogens is 1. The van der Waals surface area contributed by atoms with Gasteiger partial charge in [0, 0.05) is 12.3 Å². The smallest absolute Gasteiger partial charge is 0.339 e. The van der Waals surface area contributed by atoms with Crippen molar-refractivity contribution in [1.29, 1.82) is 0 Å².